The molecule has 84 valence electrons. The van der Waals surface area contributed by atoms with Gasteiger partial charge < -0.3 is 9.63 Å². The molecule has 0 saturated heterocycles. The van der Waals surface area contributed by atoms with E-state index in [0.29, 0.717) is 0 Å². The molecule has 0 unspecified atom stereocenters. The number of hydrogen-bond donors (Lipinski definition) is 1. The zero-order valence-corrected chi connectivity index (χ0v) is 6.68. The van der Waals surface area contributed by atoms with Gasteiger partial charge in [-0.25, -0.2) is 4.79 Å². The van der Waals surface area contributed by atoms with E-state index in [1.807, 2.05) is 0 Å². The van der Waals surface area contributed by atoms with E-state index < -0.39 is 29.5 Å². The van der Waals surface area contributed by atoms with Crippen molar-refractivity contribution in [1.82, 2.24) is 5.16 Å². The summed E-state index contributed by atoms with van der Waals surface area (Å²) in [6, 6.07) is 0.0236. The van der Waals surface area contributed by atoms with E-state index >= 15 is 0 Å². The molecule has 0 aromatic carbocycles. The van der Waals surface area contributed by atoms with E-state index in [0.717, 1.165) is 0 Å². The summed E-state index contributed by atoms with van der Waals surface area (Å²) < 4.78 is 63.8. The molecule has 0 amide bonds. The van der Waals surface area contributed by atoms with Crippen LogP contribution >= 0.6 is 0 Å². The minimum Gasteiger partial charge on any atom is -0.476 e. The Kier molecular flexibility index (Phi) is 2.41. The van der Waals surface area contributed by atoms with Gasteiger partial charge >= 0.3 is 18.1 Å². The molecule has 1 aromatic heterocycles. The molecule has 0 aliphatic rings. The molecule has 0 aliphatic carbocycles. The summed E-state index contributed by atoms with van der Waals surface area (Å²) in [6.45, 7) is 0. The molecule has 0 saturated carbocycles. The number of carboxylic acid groups (broad SMARTS) is 1. The summed E-state index contributed by atoms with van der Waals surface area (Å²) in [7, 11) is 0. The van der Waals surface area contributed by atoms with Crippen molar-refractivity contribution in [3.63, 3.8) is 0 Å². The van der Waals surface area contributed by atoms with Gasteiger partial charge in [-0.3, -0.25) is 0 Å². The lowest BCUT2D eigenvalue weighted by atomic mass is 10.2. The summed E-state index contributed by atoms with van der Waals surface area (Å²) in [6.07, 6.45) is -5.86. The molecule has 0 radical (unpaired) electrons. The maximum absolute atomic E-state index is 12.5. The Morgan fingerprint density at radius 2 is 1.87 bits per heavy atom. The number of nitrogens with zero attached hydrogens (tertiary/aromatic N) is 1. The Balaban J connectivity index is 3.11. The van der Waals surface area contributed by atoms with E-state index in [4.69, 9.17) is 5.11 Å². The lowest BCUT2D eigenvalue weighted by molar-refractivity contribution is -0.296. The molecule has 1 N–H and O–H groups in total. The Bertz CT molecular complexity index is 382. The molecular formula is C6H2F5NO3. The maximum Gasteiger partial charge on any atom is 0.461 e. The van der Waals surface area contributed by atoms with E-state index in [2.05, 4.69) is 9.68 Å². The Labute approximate surface area is 78.3 Å². The first-order valence-electron chi connectivity index (χ1n) is 3.31. The average Bonchev–Trinajstić information content (AvgIpc) is 2.49. The summed E-state index contributed by atoms with van der Waals surface area (Å²) in [4.78, 5) is 10.1. The number of rotatable bonds is 2. The van der Waals surface area contributed by atoms with Crippen LogP contribution in [0, 0.1) is 0 Å². The highest BCUT2D eigenvalue weighted by Crippen LogP contribution is 2.43. The van der Waals surface area contributed by atoms with E-state index in [1.54, 1.807) is 0 Å². The molecule has 4 nitrogen and oxygen atoms in total. The quantitative estimate of drug-likeness (QED) is 0.791. The fraction of sp³-hybridized carbons (Fsp3) is 0.333. The molecule has 1 aromatic rings. The molecule has 0 fully saturated rings. The number of hydrogen-bond acceptors (Lipinski definition) is 3. The minimum atomic E-state index is -5.86. The van der Waals surface area contributed by atoms with Crippen LogP contribution in [-0.4, -0.2) is 22.4 Å². The van der Waals surface area contributed by atoms with Gasteiger partial charge in [0, 0.05) is 6.07 Å². The van der Waals surface area contributed by atoms with Gasteiger partial charge in [-0.05, 0) is 0 Å². The highest BCUT2D eigenvalue weighted by Gasteiger charge is 2.61. The van der Waals surface area contributed by atoms with Crippen molar-refractivity contribution in [1.29, 1.82) is 0 Å². The fourth-order valence-electron chi connectivity index (χ4n) is 0.664. The predicted octanol–water partition coefficient (Wildman–Crippen LogP) is 2.03. The van der Waals surface area contributed by atoms with Crippen LogP contribution in [-0.2, 0) is 5.92 Å². The van der Waals surface area contributed by atoms with E-state index in [1.165, 1.54) is 0 Å². The van der Waals surface area contributed by atoms with Gasteiger partial charge in [-0.15, -0.1) is 0 Å². The van der Waals surface area contributed by atoms with Crippen molar-refractivity contribution >= 4 is 5.97 Å². The molecule has 1 heterocycles. The summed E-state index contributed by atoms with van der Waals surface area (Å²) in [5.74, 6) is -8.87. The molecule has 0 spiro atoms. The first-order valence-corrected chi connectivity index (χ1v) is 3.31. The zero-order valence-electron chi connectivity index (χ0n) is 6.68. The third-order valence-electron chi connectivity index (χ3n) is 1.39. The van der Waals surface area contributed by atoms with Crippen molar-refractivity contribution in [3.8, 4) is 0 Å². The monoisotopic (exact) mass is 231 g/mol. The molecule has 0 bridgehead atoms. The van der Waals surface area contributed by atoms with Gasteiger partial charge in [0.2, 0.25) is 5.76 Å². The smallest absolute Gasteiger partial charge is 0.461 e. The van der Waals surface area contributed by atoms with Gasteiger partial charge in [0.05, 0.1) is 0 Å². The van der Waals surface area contributed by atoms with Crippen LogP contribution in [0.5, 0.6) is 0 Å². The second-order valence-corrected chi connectivity index (χ2v) is 2.45. The lowest BCUT2D eigenvalue weighted by Crippen LogP contribution is -2.33. The topological polar surface area (TPSA) is 63.3 Å². The largest absolute Gasteiger partial charge is 0.476 e. The number of carbonyl (C=O) groups is 1. The van der Waals surface area contributed by atoms with Crippen molar-refractivity contribution in [2.75, 3.05) is 0 Å². The van der Waals surface area contributed by atoms with Crippen LogP contribution < -0.4 is 0 Å². The summed E-state index contributed by atoms with van der Waals surface area (Å²) in [5.41, 5.74) is -1.02. The first-order chi connectivity index (χ1) is 6.66. The summed E-state index contributed by atoms with van der Waals surface area (Å²) >= 11 is 0. The third-order valence-corrected chi connectivity index (χ3v) is 1.39. The van der Waals surface area contributed by atoms with Crippen molar-refractivity contribution in [2.24, 2.45) is 0 Å². The number of carboxylic acids is 1. The third kappa shape index (κ3) is 1.90. The van der Waals surface area contributed by atoms with Crippen LogP contribution in [0.1, 0.15) is 16.2 Å². The molecular weight excluding hydrogens is 229 g/mol. The number of aromatic nitrogens is 1. The van der Waals surface area contributed by atoms with Crippen molar-refractivity contribution in [2.45, 2.75) is 12.1 Å². The van der Waals surface area contributed by atoms with Gasteiger partial charge in [0.1, 0.15) is 0 Å². The molecule has 15 heavy (non-hydrogen) atoms. The normalized spacial score (nSPS) is 12.9. The molecule has 0 aliphatic heterocycles. The van der Waals surface area contributed by atoms with Crippen molar-refractivity contribution < 1.29 is 36.4 Å². The maximum atomic E-state index is 12.5. The lowest BCUT2D eigenvalue weighted by Gasteiger charge is -2.15. The highest BCUT2D eigenvalue weighted by molar-refractivity contribution is 5.85. The Morgan fingerprint density at radius 1 is 1.33 bits per heavy atom. The van der Waals surface area contributed by atoms with Gasteiger partial charge in [0.25, 0.3) is 0 Å². The molecule has 0 atom stereocenters. The number of halogens is 5. The Morgan fingerprint density at radius 3 is 2.20 bits per heavy atom. The predicted molar refractivity (Wildman–Crippen MR) is 33.4 cm³/mol. The van der Waals surface area contributed by atoms with E-state index in [9.17, 15) is 26.7 Å². The van der Waals surface area contributed by atoms with Crippen LogP contribution in [0.15, 0.2) is 10.6 Å². The van der Waals surface area contributed by atoms with Gasteiger partial charge in [-0.2, -0.15) is 22.0 Å². The Hall–Kier alpha value is -1.67. The van der Waals surface area contributed by atoms with Gasteiger partial charge in [0.15, 0.2) is 5.69 Å². The van der Waals surface area contributed by atoms with E-state index in [-0.39, 0.29) is 6.07 Å². The first kappa shape index (κ1) is 11.4. The second kappa shape index (κ2) is 3.17. The number of alkyl halides is 5. The average molecular weight is 231 g/mol. The van der Waals surface area contributed by atoms with Crippen LogP contribution in [0.3, 0.4) is 0 Å². The van der Waals surface area contributed by atoms with Crippen molar-refractivity contribution in [3.05, 3.63) is 17.5 Å². The standard InChI is InChI=1S/C6H2F5NO3/c7-5(8,6(9,10)11)3-1-2(4(13)14)12-15-3/h1H,(H,13,14). The number of aromatic carboxylic acids is 1. The van der Waals surface area contributed by atoms with Crippen LogP contribution in [0.4, 0.5) is 22.0 Å². The molecule has 9 heteroatoms. The van der Waals surface area contributed by atoms with Crippen LogP contribution in [0.2, 0.25) is 0 Å². The molecule has 1 rings (SSSR count). The fourth-order valence-corrected chi connectivity index (χ4v) is 0.664. The SMILES string of the molecule is O=C(O)c1cc(C(F)(F)C(F)(F)F)on1. The van der Waals surface area contributed by atoms with Gasteiger partial charge in [-0.1, -0.05) is 5.16 Å². The highest BCUT2D eigenvalue weighted by atomic mass is 19.4. The minimum absolute atomic E-state index is 0.0236. The zero-order chi connectivity index (χ0) is 11.9. The van der Waals surface area contributed by atoms with Crippen LogP contribution in [0.25, 0.3) is 0 Å². The second-order valence-electron chi connectivity index (χ2n) is 2.45. The summed E-state index contributed by atoms with van der Waals surface area (Å²) in [5, 5.41) is 10.8.